The molecule has 0 fully saturated rings. The van der Waals surface area contributed by atoms with Crippen LogP contribution in [0.1, 0.15) is 20.3 Å². The number of benzene rings is 2. The number of sulfonamides is 1. The fraction of sp³-hybridized carbons (Fsp3) is 0.286. The molecular formula is C21H22N4O5S2. The summed E-state index contributed by atoms with van der Waals surface area (Å²) in [5, 5.41) is 11.7. The van der Waals surface area contributed by atoms with Crippen molar-refractivity contribution in [2.75, 3.05) is 12.1 Å². The van der Waals surface area contributed by atoms with Crippen molar-refractivity contribution in [3.05, 3.63) is 48.5 Å². The number of amides is 1. The molecule has 32 heavy (non-hydrogen) atoms. The summed E-state index contributed by atoms with van der Waals surface area (Å²) in [6, 6.07) is 12.4. The number of carbonyl (C=O) groups is 1. The second-order valence-corrected chi connectivity index (χ2v) is 9.96. The van der Waals surface area contributed by atoms with Crippen LogP contribution in [0.25, 0.3) is 10.6 Å². The van der Waals surface area contributed by atoms with Crippen molar-refractivity contribution < 1.29 is 22.7 Å². The van der Waals surface area contributed by atoms with E-state index in [2.05, 4.69) is 20.2 Å². The number of anilines is 1. The van der Waals surface area contributed by atoms with Crippen molar-refractivity contribution in [3.8, 4) is 22.1 Å². The van der Waals surface area contributed by atoms with Crippen LogP contribution >= 0.6 is 11.3 Å². The molecule has 2 aromatic carbocycles. The van der Waals surface area contributed by atoms with Gasteiger partial charge in [-0.25, -0.2) is 8.42 Å². The van der Waals surface area contributed by atoms with Crippen molar-refractivity contribution >= 4 is 32.4 Å². The average molecular weight is 475 g/mol. The highest BCUT2D eigenvalue weighted by Gasteiger charge is 2.30. The lowest BCUT2D eigenvalue weighted by molar-refractivity contribution is -0.118. The molecule has 2 N–H and O–H groups in total. The maximum atomic E-state index is 13.0. The first-order chi connectivity index (χ1) is 15.4. The number of ether oxygens (including phenoxy) is 2. The van der Waals surface area contributed by atoms with Crippen molar-refractivity contribution in [1.82, 2.24) is 14.9 Å². The molecule has 0 bridgehead atoms. The average Bonchev–Trinajstić information content (AvgIpc) is 3.46. The lowest BCUT2D eigenvalue weighted by atomic mass is 9.99. The van der Waals surface area contributed by atoms with Crippen LogP contribution in [0, 0.1) is 5.92 Å². The number of nitrogens with one attached hydrogen (secondary N) is 2. The summed E-state index contributed by atoms with van der Waals surface area (Å²) in [6.45, 7) is 3.88. The van der Waals surface area contributed by atoms with Crippen LogP contribution in [0.4, 0.5) is 5.13 Å². The molecule has 0 aliphatic carbocycles. The Labute approximate surface area is 189 Å². The van der Waals surface area contributed by atoms with Crippen LogP contribution in [-0.2, 0) is 14.8 Å². The van der Waals surface area contributed by atoms with E-state index in [0.717, 1.165) is 5.56 Å². The highest BCUT2D eigenvalue weighted by molar-refractivity contribution is 7.89. The molecule has 0 radical (unpaired) electrons. The minimum absolute atomic E-state index is 0.0992. The van der Waals surface area contributed by atoms with Crippen molar-refractivity contribution in [2.24, 2.45) is 5.92 Å². The molecule has 11 heteroatoms. The van der Waals surface area contributed by atoms with Gasteiger partial charge in [-0.05, 0) is 36.2 Å². The Morgan fingerprint density at radius 3 is 2.62 bits per heavy atom. The summed E-state index contributed by atoms with van der Waals surface area (Å²) < 4.78 is 38.8. The van der Waals surface area contributed by atoms with E-state index in [-0.39, 0.29) is 22.7 Å². The molecule has 1 aromatic heterocycles. The number of aromatic nitrogens is 2. The van der Waals surface area contributed by atoms with Crippen molar-refractivity contribution in [2.45, 2.75) is 31.2 Å². The zero-order valence-electron chi connectivity index (χ0n) is 17.4. The quantitative estimate of drug-likeness (QED) is 0.514. The molecule has 2 unspecified atom stereocenters. The van der Waals surface area contributed by atoms with Gasteiger partial charge in [0.2, 0.25) is 27.9 Å². The molecule has 9 nitrogen and oxygen atoms in total. The fourth-order valence-corrected chi connectivity index (χ4v) is 5.17. The summed E-state index contributed by atoms with van der Waals surface area (Å²) in [5.74, 6) is 0.548. The van der Waals surface area contributed by atoms with Crippen LogP contribution in [0.3, 0.4) is 0 Å². The van der Waals surface area contributed by atoms with Crippen LogP contribution < -0.4 is 19.5 Å². The Hall–Kier alpha value is -3.02. The summed E-state index contributed by atoms with van der Waals surface area (Å²) in [4.78, 5) is 13.1. The first-order valence-electron chi connectivity index (χ1n) is 9.99. The van der Waals surface area contributed by atoms with Crippen LogP contribution in [0.5, 0.6) is 11.5 Å². The predicted molar refractivity (Wildman–Crippen MR) is 120 cm³/mol. The molecule has 4 rings (SSSR count). The third kappa shape index (κ3) is 4.74. The van der Waals surface area contributed by atoms with E-state index in [4.69, 9.17) is 9.47 Å². The highest BCUT2D eigenvalue weighted by Crippen LogP contribution is 2.37. The molecular weight excluding hydrogens is 452 g/mol. The second-order valence-electron chi connectivity index (χ2n) is 7.27. The molecule has 1 amide bonds. The summed E-state index contributed by atoms with van der Waals surface area (Å²) in [5.41, 5.74) is 0.774. The highest BCUT2D eigenvalue weighted by atomic mass is 32.2. The van der Waals surface area contributed by atoms with E-state index < -0.39 is 22.0 Å². The summed E-state index contributed by atoms with van der Waals surface area (Å²) in [6.07, 6.45) is 0.605. The van der Waals surface area contributed by atoms with E-state index in [9.17, 15) is 13.2 Å². The maximum absolute atomic E-state index is 13.0. The van der Waals surface area contributed by atoms with Gasteiger partial charge in [-0.1, -0.05) is 49.8 Å². The van der Waals surface area contributed by atoms with E-state index in [0.29, 0.717) is 22.9 Å². The van der Waals surface area contributed by atoms with Gasteiger partial charge in [0.05, 0.1) is 4.90 Å². The molecule has 2 heterocycles. The minimum atomic E-state index is -3.86. The number of nitrogens with zero attached hydrogens (tertiary/aromatic N) is 2. The Morgan fingerprint density at radius 1 is 1.12 bits per heavy atom. The predicted octanol–water partition coefficient (Wildman–Crippen LogP) is 3.27. The van der Waals surface area contributed by atoms with E-state index in [1.54, 1.807) is 30.3 Å². The fourth-order valence-electron chi connectivity index (χ4n) is 3.10. The third-order valence-corrected chi connectivity index (χ3v) is 7.45. The normalized spacial score (nSPS) is 14.7. The zero-order valence-corrected chi connectivity index (χ0v) is 19.1. The van der Waals surface area contributed by atoms with Gasteiger partial charge in [0, 0.05) is 5.56 Å². The Morgan fingerprint density at radius 2 is 1.88 bits per heavy atom. The lowest BCUT2D eigenvalue weighted by Gasteiger charge is -2.22. The number of rotatable bonds is 8. The van der Waals surface area contributed by atoms with Crippen molar-refractivity contribution in [1.29, 1.82) is 0 Å². The number of carbonyl (C=O) groups excluding carboxylic acids is 1. The Balaban J connectivity index is 1.50. The number of hydrogen-bond donors (Lipinski definition) is 2. The third-order valence-electron chi connectivity index (χ3n) is 5.11. The summed E-state index contributed by atoms with van der Waals surface area (Å²) in [7, 11) is -3.86. The monoisotopic (exact) mass is 474 g/mol. The molecule has 3 aromatic rings. The largest absolute Gasteiger partial charge is 0.454 e. The van der Waals surface area contributed by atoms with E-state index in [1.807, 2.05) is 19.9 Å². The Kier molecular flexibility index (Phi) is 6.40. The van der Waals surface area contributed by atoms with Gasteiger partial charge in [0.1, 0.15) is 11.0 Å². The number of fused-ring (bicyclic) bond motifs is 1. The van der Waals surface area contributed by atoms with Gasteiger partial charge in [-0.15, -0.1) is 10.2 Å². The molecule has 2 atom stereocenters. The SMILES string of the molecule is CCC(C)C(NS(=O)(=O)c1ccccc1)C(=O)Nc1nnc(-c2ccc3c(c2)OCO3)s1. The van der Waals surface area contributed by atoms with Gasteiger partial charge in [-0.3, -0.25) is 10.1 Å². The lowest BCUT2D eigenvalue weighted by Crippen LogP contribution is -2.47. The molecule has 168 valence electrons. The van der Waals surface area contributed by atoms with E-state index >= 15 is 0 Å². The zero-order chi connectivity index (χ0) is 22.7. The Bertz CT molecular complexity index is 1210. The first kappa shape index (κ1) is 22.2. The van der Waals surface area contributed by atoms with Crippen LogP contribution in [0.2, 0.25) is 0 Å². The second kappa shape index (κ2) is 9.23. The van der Waals surface area contributed by atoms with Gasteiger partial charge in [-0.2, -0.15) is 4.72 Å². The van der Waals surface area contributed by atoms with Gasteiger partial charge in [0.25, 0.3) is 0 Å². The van der Waals surface area contributed by atoms with Crippen LogP contribution in [0.15, 0.2) is 53.4 Å². The molecule has 0 saturated carbocycles. The topological polar surface area (TPSA) is 120 Å². The summed E-state index contributed by atoms with van der Waals surface area (Å²) >= 11 is 1.18. The van der Waals surface area contributed by atoms with Gasteiger partial charge in [0.15, 0.2) is 11.5 Å². The van der Waals surface area contributed by atoms with Crippen molar-refractivity contribution in [3.63, 3.8) is 0 Å². The van der Waals surface area contributed by atoms with Crippen LogP contribution in [-0.4, -0.2) is 37.4 Å². The van der Waals surface area contributed by atoms with Gasteiger partial charge < -0.3 is 9.47 Å². The molecule has 0 spiro atoms. The maximum Gasteiger partial charge on any atom is 0.244 e. The minimum Gasteiger partial charge on any atom is -0.454 e. The van der Waals surface area contributed by atoms with Gasteiger partial charge >= 0.3 is 0 Å². The smallest absolute Gasteiger partial charge is 0.244 e. The molecule has 1 aliphatic rings. The van der Waals surface area contributed by atoms with E-state index in [1.165, 1.54) is 23.5 Å². The number of hydrogen-bond acceptors (Lipinski definition) is 8. The molecule has 1 aliphatic heterocycles. The molecule has 0 saturated heterocycles. The standard InChI is InChI=1S/C21H22N4O5S2/c1-3-13(2)18(25-32(27,28)15-7-5-4-6-8-15)19(26)22-21-24-23-20(31-21)14-9-10-16-17(11-14)30-12-29-16/h4-11,13,18,25H,3,12H2,1-2H3,(H,22,24,26). The first-order valence-corrected chi connectivity index (χ1v) is 12.3.